The molecule has 1 amide bonds. The fourth-order valence-electron chi connectivity index (χ4n) is 2.79. The Morgan fingerprint density at radius 3 is 2.74 bits per heavy atom. The highest BCUT2D eigenvalue weighted by Crippen LogP contribution is 2.24. The van der Waals surface area contributed by atoms with E-state index in [0.717, 1.165) is 24.3 Å². The Morgan fingerprint density at radius 1 is 1.37 bits per heavy atom. The molecule has 0 bridgehead atoms. The lowest BCUT2D eigenvalue weighted by Gasteiger charge is -2.15. The minimum Gasteiger partial charge on any atom is -0.353 e. The third kappa shape index (κ3) is 4.35. The summed E-state index contributed by atoms with van der Waals surface area (Å²) in [4.78, 5) is 11.9. The van der Waals surface area contributed by atoms with Crippen LogP contribution in [-0.4, -0.2) is 11.9 Å². The van der Waals surface area contributed by atoms with Gasteiger partial charge in [-0.1, -0.05) is 37.3 Å². The zero-order chi connectivity index (χ0) is 13.7. The van der Waals surface area contributed by atoms with Crippen LogP contribution >= 0.6 is 0 Å². The molecule has 2 rings (SSSR count). The lowest BCUT2D eigenvalue weighted by Crippen LogP contribution is -2.33. The van der Waals surface area contributed by atoms with Gasteiger partial charge in [0.15, 0.2) is 0 Å². The molecule has 3 atom stereocenters. The van der Waals surface area contributed by atoms with Crippen molar-refractivity contribution in [1.82, 2.24) is 5.32 Å². The summed E-state index contributed by atoms with van der Waals surface area (Å²) in [5, 5.41) is 3.12. The number of hydrogen-bond donors (Lipinski definition) is 2. The van der Waals surface area contributed by atoms with Crippen molar-refractivity contribution in [3.63, 3.8) is 0 Å². The second-order valence-electron chi connectivity index (χ2n) is 5.74. The van der Waals surface area contributed by atoms with Gasteiger partial charge >= 0.3 is 0 Å². The van der Waals surface area contributed by atoms with Crippen LogP contribution in [0.5, 0.6) is 0 Å². The summed E-state index contributed by atoms with van der Waals surface area (Å²) >= 11 is 0. The number of carbonyl (C=O) groups excluding carboxylic acids is 1. The molecule has 1 saturated carbocycles. The van der Waals surface area contributed by atoms with Crippen molar-refractivity contribution in [3.8, 4) is 0 Å². The summed E-state index contributed by atoms with van der Waals surface area (Å²) in [7, 11) is 0. The van der Waals surface area contributed by atoms with Crippen molar-refractivity contribution in [2.75, 3.05) is 0 Å². The number of amides is 1. The van der Waals surface area contributed by atoms with Crippen LogP contribution in [0.25, 0.3) is 0 Å². The number of carbonyl (C=O) groups is 1. The Balaban J connectivity index is 1.71. The van der Waals surface area contributed by atoms with Crippen LogP contribution in [-0.2, 0) is 4.79 Å². The molecule has 104 valence electrons. The van der Waals surface area contributed by atoms with Gasteiger partial charge in [0, 0.05) is 18.5 Å². The molecule has 0 saturated heterocycles. The van der Waals surface area contributed by atoms with Crippen molar-refractivity contribution in [2.45, 2.75) is 51.1 Å². The lowest BCUT2D eigenvalue weighted by molar-refractivity contribution is -0.121. The molecule has 1 aromatic rings. The van der Waals surface area contributed by atoms with E-state index < -0.39 is 0 Å². The summed E-state index contributed by atoms with van der Waals surface area (Å²) in [5.74, 6) is 0.891. The molecule has 0 aromatic heterocycles. The van der Waals surface area contributed by atoms with Crippen LogP contribution in [0, 0.1) is 5.92 Å². The van der Waals surface area contributed by atoms with E-state index >= 15 is 0 Å². The first kappa shape index (κ1) is 14.1. The molecule has 3 nitrogen and oxygen atoms in total. The number of benzene rings is 1. The fraction of sp³-hybridized carbons (Fsp3) is 0.562. The minimum absolute atomic E-state index is 0.0468. The van der Waals surface area contributed by atoms with E-state index in [1.807, 2.05) is 30.3 Å². The predicted octanol–water partition coefficient (Wildman–Crippen LogP) is 2.77. The van der Waals surface area contributed by atoms with E-state index in [1.54, 1.807) is 0 Å². The first-order valence-corrected chi connectivity index (χ1v) is 7.25. The van der Waals surface area contributed by atoms with Crippen LogP contribution in [0.2, 0.25) is 0 Å². The maximum absolute atomic E-state index is 11.9. The first-order chi connectivity index (χ1) is 9.15. The molecular formula is C16H24N2O. The summed E-state index contributed by atoms with van der Waals surface area (Å²) in [6.45, 7) is 2.25. The molecule has 0 heterocycles. The molecule has 0 radical (unpaired) electrons. The predicted molar refractivity (Wildman–Crippen MR) is 77.6 cm³/mol. The standard InChI is InChI=1S/C16H24N2O/c1-12-7-8-14(11-12)18-16(19)10-9-15(17)13-5-3-2-4-6-13/h2-6,12,14-15H,7-11,17H2,1H3,(H,18,19). The van der Waals surface area contributed by atoms with Gasteiger partial charge in [-0.15, -0.1) is 0 Å². The Morgan fingerprint density at radius 2 is 2.11 bits per heavy atom. The smallest absolute Gasteiger partial charge is 0.220 e. The molecule has 1 aliphatic rings. The second-order valence-corrected chi connectivity index (χ2v) is 5.74. The normalized spacial score (nSPS) is 24.1. The molecule has 3 heteroatoms. The van der Waals surface area contributed by atoms with Crippen molar-refractivity contribution in [1.29, 1.82) is 0 Å². The Bertz CT molecular complexity index is 404. The van der Waals surface area contributed by atoms with E-state index in [1.165, 1.54) is 6.42 Å². The summed E-state index contributed by atoms with van der Waals surface area (Å²) in [5.41, 5.74) is 7.20. The zero-order valence-electron chi connectivity index (χ0n) is 11.6. The van der Waals surface area contributed by atoms with Crippen LogP contribution in [0.15, 0.2) is 30.3 Å². The maximum Gasteiger partial charge on any atom is 0.220 e. The molecule has 0 spiro atoms. The highest BCUT2D eigenvalue weighted by molar-refractivity contribution is 5.76. The molecule has 1 fully saturated rings. The highest BCUT2D eigenvalue weighted by Gasteiger charge is 2.22. The third-order valence-corrected chi connectivity index (χ3v) is 3.97. The van der Waals surface area contributed by atoms with Gasteiger partial charge in [-0.05, 0) is 37.2 Å². The molecule has 3 unspecified atom stereocenters. The molecular weight excluding hydrogens is 236 g/mol. The largest absolute Gasteiger partial charge is 0.353 e. The van der Waals surface area contributed by atoms with Crippen molar-refractivity contribution in [3.05, 3.63) is 35.9 Å². The van der Waals surface area contributed by atoms with Gasteiger partial charge in [-0.25, -0.2) is 0 Å². The van der Waals surface area contributed by atoms with E-state index in [4.69, 9.17) is 5.73 Å². The van der Waals surface area contributed by atoms with Gasteiger partial charge in [0.05, 0.1) is 0 Å². The van der Waals surface area contributed by atoms with E-state index in [0.29, 0.717) is 18.9 Å². The SMILES string of the molecule is CC1CCC(NC(=O)CCC(N)c2ccccc2)C1. The lowest BCUT2D eigenvalue weighted by atomic mass is 10.0. The number of nitrogens with one attached hydrogen (secondary N) is 1. The fourth-order valence-corrected chi connectivity index (χ4v) is 2.79. The van der Waals surface area contributed by atoms with Crippen LogP contribution in [0.1, 0.15) is 50.6 Å². The van der Waals surface area contributed by atoms with E-state index in [2.05, 4.69) is 12.2 Å². The average Bonchev–Trinajstić information content (AvgIpc) is 2.82. The number of rotatable bonds is 5. The second kappa shape index (κ2) is 6.71. The Labute approximate surface area is 115 Å². The van der Waals surface area contributed by atoms with Crippen LogP contribution in [0.3, 0.4) is 0 Å². The number of nitrogens with two attached hydrogens (primary N) is 1. The van der Waals surface area contributed by atoms with Crippen molar-refractivity contribution < 1.29 is 4.79 Å². The van der Waals surface area contributed by atoms with Gasteiger partial charge in [0.25, 0.3) is 0 Å². The van der Waals surface area contributed by atoms with Crippen LogP contribution in [0.4, 0.5) is 0 Å². The van der Waals surface area contributed by atoms with E-state index in [9.17, 15) is 4.79 Å². The minimum atomic E-state index is -0.0468. The molecule has 0 aliphatic heterocycles. The Kier molecular flexibility index (Phi) is 4.97. The summed E-state index contributed by atoms with van der Waals surface area (Å²) < 4.78 is 0. The highest BCUT2D eigenvalue weighted by atomic mass is 16.1. The molecule has 1 aliphatic carbocycles. The topological polar surface area (TPSA) is 55.1 Å². The van der Waals surface area contributed by atoms with Gasteiger partial charge in [0.2, 0.25) is 5.91 Å². The van der Waals surface area contributed by atoms with Gasteiger partial charge in [-0.2, -0.15) is 0 Å². The maximum atomic E-state index is 11.9. The van der Waals surface area contributed by atoms with Gasteiger partial charge in [-0.3, -0.25) is 4.79 Å². The third-order valence-electron chi connectivity index (χ3n) is 3.97. The zero-order valence-corrected chi connectivity index (χ0v) is 11.6. The summed E-state index contributed by atoms with van der Waals surface area (Å²) in [6.07, 6.45) is 4.70. The molecule has 19 heavy (non-hydrogen) atoms. The molecule has 3 N–H and O–H groups in total. The quantitative estimate of drug-likeness (QED) is 0.855. The monoisotopic (exact) mass is 260 g/mol. The van der Waals surface area contributed by atoms with Gasteiger partial charge < -0.3 is 11.1 Å². The first-order valence-electron chi connectivity index (χ1n) is 7.25. The van der Waals surface area contributed by atoms with Gasteiger partial charge in [0.1, 0.15) is 0 Å². The summed E-state index contributed by atoms with van der Waals surface area (Å²) in [6, 6.07) is 10.3. The van der Waals surface area contributed by atoms with Crippen LogP contribution < -0.4 is 11.1 Å². The van der Waals surface area contributed by atoms with Crippen molar-refractivity contribution >= 4 is 5.91 Å². The number of hydrogen-bond acceptors (Lipinski definition) is 2. The van der Waals surface area contributed by atoms with E-state index in [-0.39, 0.29) is 11.9 Å². The molecule has 1 aromatic carbocycles. The Hall–Kier alpha value is -1.35. The van der Waals surface area contributed by atoms with Crippen molar-refractivity contribution in [2.24, 2.45) is 11.7 Å². The average molecular weight is 260 g/mol.